The van der Waals surface area contributed by atoms with Crippen LogP contribution in [-0.2, 0) is 4.79 Å². The van der Waals surface area contributed by atoms with Gasteiger partial charge in [-0.3, -0.25) is 9.59 Å². The fraction of sp³-hybridized carbons (Fsp3) is 0.333. The molecular formula is C21H26N2O4. The molecule has 2 aromatic carbocycles. The lowest BCUT2D eigenvalue weighted by Gasteiger charge is -2.12. The smallest absolute Gasteiger partial charge is 0.258 e. The molecule has 0 saturated heterocycles. The Balaban J connectivity index is 1.68. The maximum Gasteiger partial charge on any atom is 0.258 e. The summed E-state index contributed by atoms with van der Waals surface area (Å²) in [5.74, 6) is 0.695. The third-order valence-electron chi connectivity index (χ3n) is 4.10. The first-order chi connectivity index (χ1) is 12.9. The number of phenolic OH excluding ortho intramolecular Hbond substituents is 1. The van der Waals surface area contributed by atoms with Gasteiger partial charge in [0.05, 0.1) is 0 Å². The van der Waals surface area contributed by atoms with E-state index in [4.69, 9.17) is 4.74 Å². The predicted molar refractivity (Wildman–Crippen MR) is 104 cm³/mol. The summed E-state index contributed by atoms with van der Waals surface area (Å²) in [6, 6.07) is 11.8. The summed E-state index contributed by atoms with van der Waals surface area (Å²) < 4.78 is 5.52. The number of benzene rings is 2. The molecule has 2 aromatic rings. The topological polar surface area (TPSA) is 87.7 Å². The Morgan fingerprint density at radius 1 is 1.04 bits per heavy atom. The Kier molecular flexibility index (Phi) is 7.23. The average molecular weight is 370 g/mol. The number of hydrogen-bond donors (Lipinski definition) is 3. The van der Waals surface area contributed by atoms with E-state index >= 15 is 0 Å². The van der Waals surface area contributed by atoms with Crippen LogP contribution in [-0.4, -0.2) is 36.6 Å². The van der Waals surface area contributed by atoms with Crippen molar-refractivity contribution in [2.75, 3.05) is 19.7 Å². The van der Waals surface area contributed by atoms with Gasteiger partial charge in [0.25, 0.3) is 11.8 Å². The van der Waals surface area contributed by atoms with Crippen molar-refractivity contribution in [3.8, 4) is 11.5 Å². The van der Waals surface area contributed by atoms with Crippen molar-refractivity contribution in [1.82, 2.24) is 10.6 Å². The van der Waals surface area contributed by atoms with Crippen molar-refractivity contribution in [3.05, 3.63) is 59.2 Å². The highest BCUT2D eigenvalue weighted by Crippen LogP contribution is 2.23. The van der Waals surface area contributed by atoms with Crippen molar-refractivity contribution in [2.24, 2.45) is 0 Å². The fourth-order valence-corrected chi connectivity index (χ4v) is 2.68. The molecule has 0 saturated carbocycles. The molecule has 0 unspecified atom stereocenters. The monoisotopic (exact) mass is 370 g/mol. The minimum absolute atomic E-state index is 0.0770. The predicted octanol–water partition coefficient (Wildman–Crippen LogP) is 2.75. The molecule has 0 fully saturated rings. The van der Waals surface area contributed by atoms with Crippen LogP contribution >= 0.6 is 0 Å². The summed E-state index contributed by atoms with van der Waals surface area (Å²) >= 11 is 0. The number of nitrogens with one attached hydrogen (secondary N) is 2. The van der Waals surface area contributed by atoms with E-state index in [1.165, 1.54) is 29.8 Å². The molecular weight excluding hydrogens is 344 g/mol. The molecule has 0 spiro atoms. The van der Waals surface area contributed by atoms with Crippen LogP contribution in [0.2, 0.25) is 0 Å². The van der Waals surface area contributed by atoms with E-state index in [2.05, 4.69) is 24.5 Å². The van der Waals surface area contributed by atoms with Crippen LogP contribution in [0.3, 0.4) is 0 Å². The number of aromatic hydroxyl groups is 1. The molecule has 2 amide bonds. The summed E-state index contributed by atoms with van der Waals surface area (Å²) in [4.78, 5) is 23.7. The van der Waals surface area contributed by atoms with Gasteiger partial charge in [0.1, 0.15) is 11.5 Å². The molecule has 0 radical (unpaired) electrons. The Morgan fingerprint density at radius 2 is 1.70 bits per heavy atom. The van der Waals surface area contributed by atoms with Gasteiger partial charge in [-0.25, -0.2) is 0 Å². The second kappa shape index (κ2) is 9.62. The van der Waals surface area contributed by atoms with Crippen LogP contribution < -0.4 is 15.4 Å². The van der Waals surface area contributed by atoms with Crippen LogP contribution in [0.1, 0.15) is 41.3 Å². The van der Waals surface area contributed by atoms with E-state index in [0.29, 0.717) is 30.3 Å². The van der Waals surface area contributed by atoms with Gasteiger partial charge in [0.2, 0.25) is 0 Å². The minimum atomic E-state index is -0.263. The normalized spacial score (nSPS) is 10.5. The first-order valence-electron chi connectivity index (χ1n) is 8.94. The third-order valence-corrected chi connectivity index (χ3v) is 4.10. The van der Waals surface area contributed by atoms with E-state index in [1.807, 2.05) is 25.1 Å². The van der Waals surface area contributed by atoms with Crippen LogP contribution in [0, 0.1) is 6.92 Å². The van der Waals surface area contributed by atoms with E-state index in [-0.39, 0.29) is 24.2 Å². The molecule has 27 heavy (non-hydrogen) atoms. The molecule has 0 aliphatic carbocycles. The van der Waals surface area contributed by atoms with Crippen LogP contribution in [0.4, 0.5) is 0 Å². The second-order valence-electron chi connectivity index (χ2n) is 6.61. The van der Waals surface area contributed by atoms with E-state index < -0.39 is 0 Å². The summed E-state index contributed by atoms with van der Waals surface area (Å²) in [5.41, 5.74) is 2.85. The van der Waals surface area contributed by atoms with Gasteiger partial charge in [-0.05, 0) is 60.4 Å². The van der Waals surface area contributed by atoms with Crippen LogP contribution in [0.5, 0.6) is 11.5 Å². The zero-order valence-electron chi connectivity index (χ0n) is 15.9. The summed E-state index contributed by atoms with van der Waals surface area (Å²) in [6.45, 7) is 6.82. The SMILES string of the molecule is Cc1cc(OCC(=O)NCCNC(=O)c2ccc(O)cc2)ccc1C(C)C. The molecule has 0 atom stereocenters. The molecule has 6 nitrogen and oxygen atoms in total. The second-order valence-corrected chi connectivity index (χ2v) is 6.61. The number of rotatable bonds is 8. The Labute approximate surface area is 159 Å². The number of ether oxygens (including phenoxy) is 1. The summed E-state index contributed by atoms with van der Waals surface area (Å²) in [6.07, 6.45) is 0. The van der Waals surface area contributed by atoms with Gasteiger partial charge < -0.3 is 20.5 Å². The molecule has 2 rings (SSSR count). The standard InChI is InChI=1S/C21H26N2O4/c1-14(2)19-9-8-18(12-15(19)3)27-13-20(25)22-10-11-23-21(26)16-4-6-17(24)7-5-16/h4-9,12,14,24H,10-11,13H2,1-3H3,(H,22,25)(H,23,26). The number of phenols is 1. The maximum atomic E-state index is 11.9. The number of amides is 2. The van der Waals surface area contributed by atoms with Gasteiger partial charge in [-0.1, -0.05) is 19.9 Å². The van der Waals surface area contributed by atoms with Crippen LogP contribution in [0.15, 0.2) is 42.5 Å². The first kappa shape index (κ1) is 20.3. The highest BCUT2D eigenvalue weighted by molar-refractivity contribution is 5.94. The lowest BCUT2D eigenvalue weighted by molar-refractivity contribution is -0.123. The maximum absolute atomic E-state index is 11.9. The Morgan fingerprint density at radius 3 is 2.33 bits per heavy atom. The number of hydrogen-bond acceptors (Lipinski definition) is 4. The van der Waals surface area contributed by atoms with Crippen molar-refractivity contribution in [3.63, 3.8) is 0 Å². The quantitative estimate of drug-likeness (QED) is 0.624. The Hall–Kier alpha value is -3.02. The molecule has 0 heterocycles. The number of aryl methyl sites for hydroxylation is 1. The van der Waals surface area contributed by atoms with Crippen LogP contribution in [0.25, 0.3) is 0 Å². The van der Waals surface area contributed by atoms with Crippen molar-refractivity contribution >= 4 is 11.8 Å². The van der Waals surface area contributed by atoms with E-state index in [0.717, 1.165) is 5.56 Å². The zero-order valence-corrected chi connectivity index (χ0v) is 15.9. The largest absolute Gasteiger partial charge is 0.508 e. The Bertz CT molecular complexity index is 785. The average Bonchev–Trinajstić information content (AvgIpc) is 2.63. The summed E-state index contributed by atoms with van der Waals surface area (Å²) in [5, 5.41) is 14.6. The van der Waals surface area contributed by atoms with Crippen molar-refractivity contribution in [1.29, 1.82) is 0 Å². The van der Waals surface area contributed by atoms with Gasteiger partial charge in [-0.2, -0.15) is 0 Å². The molecule has 6 heteroatoms. The number of carbonyl (C=O) groups excluding carboxylic acids is 2. The van der Waals surface area contributed by atoms with Gasteiger partial charge >= 0.3 is 0 Å². The van der Waals surface area contributed by atoms with E-state index in [9.17, 15) is 14.7 Å². The van der Waals surface area contributed by atoms with Gasteiger partial charge in [0, 0.05) is 18.7 Å². The summed E-state index contributed by atoms with van der Waals surface area (Å²) in [7, 11) is 0. The fourth-order valence-electron chi connectivity index (χ4n) is 2.68. The molecule has 0 aromatic heterocycles. The van der Waals surface area contributed by atoms with Crippen molar-refractivity contribution in [2.45, 2.75) is 26.7 Å². The molecule has 0 aliphatic rings. The lowest BCUT2D eigenvalue weighted by atomic mass is 9.98. The molecule has 0 aliphatic heterocycles. The van der Waals surface area contributed by atoms with Crippen molar-refractivity contribution < 1.29 is 19.4 Å². The van der Waals surface area contributed by atoms with E-state index in [1.54, 1.807) is 0 Å². The molecule has 144 valence electrons. The highest BCUT2D eigenvalue weighted by atomic mass is 16.5. The van der Waals surface area contributed by atoms with Gasteiger partial charge in [0.15, 0.2) is 6.61 Å². The number of carbonyl (C=O) groups is 2. The molecule has 0 bridgehead atoms. The third kappa shape index (κ3) is 6.33. The minimum Gasteiger partial charge on any atom is -0.508 e. The van der Waals surface area contributed by atoms with Gasteiger partial charge in [-0.15, -0.1) is 0 Å². The first-order valence-corrected chi connectivity index (χ1v) is 8.94. The zero-order chi connectivity index (χ0) is 19.8. The highest BCUT2D eigenvalue weighted by Gasteiger charge is 2.08. The molecule has 3 N–H and O–H groups in total. The lowest BCUT2D eigenvalue weighted by Crippen LogP contribution is -2.36.